The van der Waals surface area contributed by atoms with Crippen molar-refractivity contribution in [3.05, 3.63) is 0 Å². The van der Waals surface area contributed by atoms with Crippen LogP contribution >= 0.6 is 0 Å². The molecule has 1 heterocycles. The van der Waals surface area contributed by atoms with Crippen LogP contribution < -0.4 is 16.5 Å². The summed E-state index contributed by atoms with van der Waals surface area (Å²) in [6, 6.07) is -0.928. The molecule has 26 heavy (non-hydrogen) atoms. The molecule has 0 radical (unpaired) electrons. The molecule has 1 aliphatic heterocycles. The Morgan fingerprint density at radius 2 is 1.77 bits per heavy atom. The second-order valence-electron chi connectivity index (χ2n) is 6.43. The Morgan fingerprint density at radius 1 is 1.08 bits per heavy atom. The van der Waals surface area contributed by atoms with Crippen LogP contribution in [-0.2, 0) is 14.3 Å². The highest BCUT2D eigenvalue weighted by atomic mass is 16.7. The average molecular weight is 379 g/mol. The number of nitrogens with two attached hydrogens (primary N) is 1. The minimum atomic E-state index is -1.26. The summed E-state index contributed by atoms with van der Waals surface area (Å²) < 4.78 is 10.8. The molecular weight excluding hydrogens is 346 g/mol. The molecular formula is C16H33N3O7. The number of hydrogen-bond donors (Lipinski definition) is 7. The van der Waals surface area contributed by atoms with E-state index in [0.717, 1.165) is 25.7 Å². The standard InChI is InChI=1S/C16H33N3O7/c17-13-15(23)14(22)11(10-20)26-16(13)25-9-5-6-12(21)18-7-3-1-2-4-8-19-24/h11,13-16,19-20,22-24H,1-10,17H2,(H,18,21). The minimum Gasteiger partial charge on any atom is -0.394 e. The Morgan fingerprint density at radius 3 is 2.42 bits per heavy atom. The average Bonchev–Trinajstić information content (AvgIpc) is 2.64. The number of carbonyl (C=O) groups excluding carboxylic acids is 1. The van der Waals surface area contributed by atoms with E-state index in [-0.39, 0.29) is 12.5 Å². The van der Waals surface area contributed by atoms with Crippen LogP contribution in [0.5, 0.6) is 0 Å². The maximum Gasteiger partial charge on any atom is 0.220 e. The van der Waals surface area contributed by atoms with Gasteiger partial charge in [0, 0.05) is 19.5 Å². The summed E-state index contributed by atoms with van der Waals surface area (Å²) in [5.41, 5.74) is 7.86. The van der Waals surface area contributed by atoms with E-state index in [1.54, 1.807) is 0 Å². The van der Waals surface area contributed by atoms with E-state index in [9.17, 15) is 15.0 Å². The maximum atomic E-state index is 11.7. The Kier molecular flexibility index (Phi) is 11.9. The molecule has 1 fully saturated rings. The smallest absolute Gasteiger partial charge is 0.220 e. The normalized spacial score (nSPS) is 28.9. The molecule has 1 aliphatic rings. The monoisotopic (exact) mass is 379 g/mol. The molecule has 1 amide bonds. The largest absolute Gasteiger partial charge is 0.394 e. The summed E-state index contributed by atoms with van der Waals surface area (Å²) in [6.07, 6.45) is 0.123. The molecule has 0 aliphatic carbocycles. The molecule has 5 atom stereocenters. The fraction of sp³-hybridized carbons (Fsp3) is 0.938. The maximum absolute atomic E-state index is 11.7. The zero-order chi connectivity index (χ0) is 19.4. The lowest BCUT2D eigenvalue weighted by molar-refractivity contribution is -0.265. The van der Waals surface area contributed by atoms with E-state index >= 15 is 0 Å². The van der Waals surface area contributed by atoms with E-state index < -0.39 is 37.3 Å². The molecule has 0 aromatic carbocycles. The predicted octanol–water partition coefficient (Wildman–Crippen LogP) is -1.80. The minimum absolute atomic E-state index is 0.0665. The van der Waals surface area contributed by atoms with Gasteiger partial charge in [-0.2, -0.15) is 0 Å². The first-order valence-corrected chi connectivity index (χ1v) is 9.14. The molecule has 0 aromatic heterocycles. The number of unbranched alkanes of at least 4 members (excludes halogenated alkanes) is 3. The van der Waals surface area contributed by atoms with Crippen LogP contribution in [0.15, 0.2) is 0 Å². The number of amides is 1. The molecule has 0 bridgehead atoms. The van der Waals surface area contributed by atoms with Crippen molar-refractivity contribution < 1.29 is 34.8 Å². The zero-order valence-electron chi connectivity index (χ0n) is 15.0. The number of rotatable bonds is 13. The van der Waals surface area contributed by atoms with Gasteiger partial charge in [-0.05, 0) is 19.3 Å². The van der Waals surface area contributed by atoms with Crippen LogP contribution in [0.25, 0.3) is 0 Å². The van der Waals surface area contributed by atoms with Gasteiger partial charge in [-0.25, -0.2) is 5.48 Å². The highest BCUT2D eigenvalue weighted by molar-refractivity contribution is 5.75. The van der Waals surface area contributed by atoms with E-state index in [1.165, 1.54) is 0 Å². The Balaban J connectivity index is 2.09. The third kappa shape index (κ3) is 8.23. The van der Waals surface area contributed by atoms with E-state index in [2.05, 4.69) is 10.8 Å². The molecule has 1 rings (SSSR count). The van der Waals surface area contributed by atoms with Gasteiger partial charge in [0.2, 0.25) is 5.91 Å². The van der Waals surface area contributed by atoms with Crippen molar-refractivity contribution in [3.8, 4) is 0 Å². The lowest BCUT2D eigenvalue weighted by Crippen LogP contribution is -2.62. The van der Waals surface area contributed by atoms with Crippen molar-refractivity contribution in [2.75, 3.05) is 26.3 Å². The second-order valence-corrected chi connectivity index (χ2v) is 6.43. The summed E-state index contributed by atoms with van der Waals surface area (Å²) in [5.74, 6) is -0.0665. The quantitative estimate of drug-likeness (QED) is 0.144. The Bertz CT molecular complexity index is 387. The number of nitrogens with one attached hydrogen (secondary N) is 2. The predicted molar refractivity (Wildman–Crippen MR) is 92.2 cm³/mol. The lowest BCUT2D eigenvalue weighted by atomic mass is 9.98. The van der Waals surface area contributed by atoms with Gasteiger partial charge in [0.05, 0.1) is 19.3 Å². The number of aliphatic hydroxyl groups is 3. The molecule has 1 saturated heterocycles. The van der Waals surface area contributed by atoms with Crippen LogP contribution in [0, 0.1) is 0 Å². The van der Waals surface area contributed by atoms with Crippen LogP contribution in [0.4, 0.5) is 0 Å². The third-order valence-electron chi connectivity index (χ3n) is 4.30. The Labute approximate surface area is 153 Å². The molecule has 0 spiro atoms. The van der Waals surface area contributed by atoms with Crippen molar-refractivity contribution >= 4 is 5.91 Å². The highest BCUT2D eigenvalue weighted by Gasteiger charge is 2.42. The summed E-state index contributed by atoms with van der Waals surface area (Å²) in [5, 5.41) is 39.9. The van der Waals surface area contributed by atoms with Gasteiger partial charge in [-0.15, -0.1) is 0 Å². The van der Waals surface area contributed by atoms with Crippen LogP contribution in [0.1, 0.15) is 38.5 Å². The van der Waals surface area contributed by atoms with Gasteiger partial charge in [0.15, 0.2) is 6.29 Å². The van der Waals surface area contributed by atoms with Gasteiger partial charge in [-0.3, -0.25) is 4.79 Å². The van der Waals surface area contributed by atoms with E-state index in [0.29, 0.717) is 25.9 Å². The van der Waals surface area contributed by atoms with Crippen LogP contribution in [-0.4, -0.2) is 83.4 Å². The first-order chi connectivity index (χ1) is 12.5. The second kappa shape index (κ2) is 13.3. The molecule has 154 valence electrons. The van der Waals surface area contributed by atoms with Crippen molar-refractivity contribution in [1.82, 2.24) is 10.8 Å². The molecule has 10 nitrogen and oxygen atoms in total. The first kappa shape index (κ1) is 23.2. The van der Waals surface area contributed by atoms with Crippen molar-refractivity contribution in [2.24, 2.45) is 5.73 Å². The number of aliphatic hydroxyl groups excluding tert-OH is 3. The van der Waals surface area contributed by atoms with Crippen molar-refractivity contribution in [1.29, 1.82) is 0 Å². The fourth-order valence-electron chi connectivity index (χ4n) is 2.68. The number of ether oxygens (including phenoxy) is 2. The molecule has 8 N–H and O–H groups in total. The molecule has 5 unspecified atom stereocenters. The van der Waals surface area contributed by atoms with Crippen LogP contribution in [0.3, 0.4) is 0 Å². The zero-order valence-corrected chi connectivity index (χ0v) is 15.0. The lowest BCUT2D eigenvalue weighted by Gasteiger charge is -2.40. The third-order valence-corrected chi connectivity index (χ3v) is 4.30. The number of carbonyl (C=O) groups is 1. The van der Waals surface area contributed by atoms with Crippen molar-refractivity contribution in [3.63, 3.8) is 0 Å². The van der Waals surface area contributed by atoms with Gasteiger partial charge < -0.3 is 41.1 Å². The van der Waals surface area contributed by atoms with Crippen molar-refractivity contribution in [2.45, 2.75) is 69.2 Å². The summed E-state index contributed by atoms with van der Waals surface area (Å²) in [7, 11) is 0. The summed E-state index contributed by atoms with van der Waals surface area (Å²) in [6.45, 7) is 0.950. The number of hydrogen-bond acceptors (Lipinski definition) is 9. The van der Waals surface area contributed by atoms with Gasteiger partial charge >= 0.3 is 0 Å². The van der Waals surface area contributed by atoms with Gasteiger partial charge in [0.1, 0.15) is 18.3 Å². The SMILES string of the molecule is NC1C(OCCCC(=O)NCCCCCCNO)OC(CO)C(O)C1O. The van der Waals surface area contributed by atoms with Crippen LogP contribution in [0.2, 0.25) is 0 Å². The number of hydroxylamine groups is 1. The van der Waals surface area contributed by atoms with E-state index in [1.807, 2.05) is 0 Å². The Hall–Kier alpha value is -0.850. The summed E-state index contributed by atoms with van der Waals surface area (Å²) >= 11 is 0. The van der Waals surface area contributed by atoms with Gasteiger partial charge in [0.25, 0.3) is 0 Å². The molecule has 10 heteroatoms. The first-order valence-electron chi connectivity index (χ1n) is 9.14. The molecule has 0 aromatic rings. The molecule has 0 saturated carbocycles. The highest BCUT2D eigenvalue weighted by Crippen LogP contribution is 2.20. The summed E-state index contributed by atoms with van der Waals surface area (Å²) in [4.78, 5) is 11.7. The topological polar surface area (TPSA) is 167 Å². The van der Waals surface area contributed by atoms with E-state index in [4.69, 9.17) is 25.5 Å². The fourth-order valence-corrected chi connectivity index (χ4v) is 2.68. The van der Waals surface area contributed by atoms with Gasteiger partial charge in [-0.1, -0.05) is 12.8 Å².